The van der Waals surface area contributed by atoms with Crippen LogP contribution in [-0.2, 0) is 13.1 Å². The molecule has 2 aromatic rings. The average molecular weight is 216 g/mol. The van der Waals surface area contributed by atoms with E-state index in [1.807, 2.05) is 0 Å². The van der Waals surface area contributed by atoms with Gasteiger partial charge in [0, 0.05) is 29.7 Å². The van der Waals surface area contributed by atoms with Crippen LogP contribution in [0.4, 0.5) is 0 Å². The van der Waals surface area contributed by atoms with Crippen LogP contribution in [0.15, 0.2) is 24.3 Å². The molecular weight excluding hydrogens is 196 g/mol. The number of fused-ring (bicyclic) bond motifs is 1. The summed E-state index contributed by atoms with van der Waals surface area (Å²) in [5.74, 6) is 0. The first-order chi connectivity index (χ1) is 7.63. The minimum absolute atomic E-state index is 1.00. The molecule has 1 aromatic carbocycles. The van der Waals surface area contributed by atoms with Crippen molar-refractivity contribution in [1.29, 1.82) is 0 Å². The van der Waals surface area contributed by atoms with Gasteiger partial charge in [0.05, 0.1) is 0 Å². The molecule has 2 nitrogen and oxygen atoms in total. The van der Waals surface area contributed by atoms with Gasteiger partial charge in [0.2, 0.25) is 0 Å². The quantitative estimate of drug-likeness (QED) is 0.765. The molecule has 86 valence electrons. The largest absolute Gasteiger partial charge is 0.344 e. The lowest BCUT2D eigenvalue weighted by atomic mass is 10.1. The fourth-order valence-electron chi connectivity index (χ4n) is 2.32. The Bertz CT molecular complexity index is 495. The van der Waals surface area contributed by atoms with Crippen molar-refractivity contribution in [3.05, 3.63) is 35.5 Å². The summed E-state index contributed by atoms with van der Waals surface area (Å²) in [7, 11) is 4.23. The number of nitrogens with zero attached hydrogens (tertiary/aromatic N) is 2. The maximum absolute atomic E-state index is 2.41. The first kappa shape index (κ1) is 11.2. The number of hydrogen-bond acceptors (Lipinski definition) is 1. The fraction of sp³-hybridized carbons (Fsp3) is 0.429. The van der Waals surface area contributed by atoms with E-state index in [0.717, 1.165) is 13.1 Å². The smallest absolute Gasteiger partial charge is 0.0485 e. The second kappa shape index (κ2) is 4.30. The lowest BCUT2D eigenvalue weighted by Crippen LogP contribution is -2.14. The zero-order valence-electron chi connectivity index (χ0n) is 10.6. The van der Waals surface area contributed by atoms with Gasteiger partial charge >= 0.3 is 0 Å². The van der Waals surface area contributed by atoms with Crippen LogP contribution in [0.25, 0.3) is 10.9 Å². The van der Waals surface area contributed by atoms with E-state index in [-0.39, 0.29) is 0 Å². The number of aromatic nitrogens is 1. The monoisotopic (exact) mass is 216 g/mol. The van der Waals surface area contributed by atoms with Crippen LogP contribution in [-0.4, -0.2) is 23.6 Å². The van der Waals surface area contributed by atoms with Crippen molar-refractivity contribution in [2.45, 2.75) is 26.9 Å². The molecule has 0 saturated heterocycles. The van der Waals surface area contributed by atoms with E-state index >= 15 is 0 Å². The van der Waals surface area contributed by atoms with Gasteiger partial charge < -0.3 is 9.47 Å². The molecule has 2 rings (SSSR count). The summed E-state index contributed by atoms with van der Waals surface area (Å²) in [6.07, 6.45) is 0. The molecule has 2 heteroatoms. The Morgan fingerprint density at radius 1 is 1.25 bits per heavy atom. The third-order valence-electron chi connectivity index (χ3n) is 3.04. The molecule has 0 aliphatic rings. The van der Waals surface area contributed by atoms with Crippen LogP contribution in [0.1, 0.15) is 18.2 Å². The minimum atomic E-state index is 1.00. The highest BCUT2D eigenvalue weighted by Gasteiger charge is 2.09. The van der Waals surface area contributed by atoms with Crippen molar-refractivity contribution in [1.82, 2.24) is 9.47 Å². The van der Waals surface area contributed by atoms with Crippen molar-refractivity contribution in [3.8, 4) is 0 Å². The molecule has 0 atom stereocenters. The Morgan fingerprint density at radius 3 is 2.62 bits per heavy atom. The lowest BCUT2D eigenvalue weighted by Gasteiger charge is -2.12. The van der Waals surface area contributed by atoms with Gasteiger partial charge in [-0.05, 0) is 45.6 Å². The van der Waals surface area contributed by atoms with Gasteiger partial charge in [-0.1, -0.05) is 12.1 Å². The van der Waals surface area contributed by atoms with E-state index in [1.165, 1.54) is 22.2 Å². The summed E-state index contributed by atoms with van der Waals surface area (Å²) in [6.45, 7) is 6.43. The number of rotatable bonds is 3. The maximum atomic E-state index is 2.41. The third kappa shape index (κ3) is 1.85. The summed E-state index contributed by atoms with van der Waals surface area (Å²) in [6, 6.07) is 8.87. The Morgan fingerprint density at radius 2 is 2.00 bits per heavy atom. The zero-order valence-corrected chi connectivity index (χ0v) is 10.6. The van der Waals surface area contributed by atoms with Crippen molar-refractivity contribution < 1.29 is 0 Å². The first-order valence-corrected chi connectivity index (χ1v) is 5.86. The van der Waals surface area contributed by atoms with Crippen LogP contribution in [0, 0.1) is 6.92 Å². The molecule has 16 heavy (non-hydrogen) atoms. The predicted molar refractivity (Wildman–Crippen MR) is 69.7 cm³/mol. The molecule has 0 radical (unpaired) electrons. The third-order valence-corrected chi connectivity index (χ3v) is 3.04. The SMILES string of the molecule is CCn1c(CN(C)C)cc2c(C)cccc21. The summed E-state index contributed by atoms with van der Waals surface area (Å²) in [5, 5.41) is 1.39. The molecule has 0 aliphatic carbocycles. The topological polar surface area (TPSA) is 8.17 Å². The molecule has 0 N–H and O–H groups in total. The Labute approximate surface area is 97.5 Å². The molecule has 1 aromatic heterocycles. The van der Waals surface area contributed by atoms with E-state index < -0.39 is 0 Å². The van der Waals surface area contributed by atoms with Crippen LogP contribution in [0.5, 0.6) is 0 Å². The highest BCUT2D eigenvalue weighted by atomic mass is 15.1. The highest BCUT2D eigenvalue weighted by molar-refractivity contribution is 5.84. The standard InChI is InChI=1S/C14H20N2/c1-5-16-12(10-15(3)4)9-13-11(2)7-6-8-14(13)16/h6-9H,5,10H2,1-4H3. The summed E-state index contributed by atoms with van der Waals surface area (Å²) < 4.78 is 2.41. The molecule has 0 saturated carbocycles. The van der Waals surface area contributed by atoms with Crippen molar-refractivity contribution in [2.24, 2.45) is 0 Å². The Hall–Kier alpha value is -1.28. The molecular formula is C14H20N2. The van der Waals surface area contributed by atoms with Gasteiger partial charge in [-0.3, -0.25) is 0 Å². The zero-order chi connectivity index (χ0) is 11.7. The van der Waals surface area contributed by atoms with Crippen molar-refractivity contribution in [2.75, 3.05) is 14.1 Å². The highest BCUT2D eigenvalue weighted by Crippen LogP contribution is 2.23. The summed E-state index contributed by atoms with van der Waals surface area (Å²) >= 11 is 0. The average Bonchev–Trinajstić information content (AvgIpc) is 2.56. The van der Waals surface area contributed by atoms with E-state index in [1.54, 1.807) is 0 Å². The molecule has 0 amide bonds. The molecule has 0 aliphatic heterocycles. The van der Waals surface area contributed by atoms with Crippen LogP contribution in [0.2, 0.25) is 0 Å². The number of hydrogen-bond donors (Lipinski definition) is 0. The predicted octanol–water partition coefficient (Wildman–Crippen LogP) is 3.03. The molecule has 1 heterocycles. The van der Waals surface area contributed by atoms with Gasteiger partial charge in [-0.15, -0.1) is 0 Å². The number of aryl methyl sites for hydroxylation is 2. The molecule has 0 fully saturated rings. The van der Waals surface area contributed by atoms with Gasteiger partial charge in [0.15, 0.2) is 0 Å². The van der Waals surface area contributed by atoms with Gasteiger partial charge in [-0.2, -0.15) is 0 Å². The van der Waals surface area contributed by atoms with Gasteiger partial charge in [0.1, 0.15) is 0 Å². The van der Waals surface area contributed by atoms with Crippen molar-refractivity contribution >= 4 is 10.9 Å². The van der Waals surface area contributed by atoms with Gasteiger partial charge in [-0.25, -0.2) is 0 Å². The van der Waals surface area contributed by atoms with Crippen LogP contribution < -0.4 is 0 Å². The van der Waals surface area contributed by atoms with E-state index in [9.17, 15) is 0 Å². The minimum Gasteiger partial charge on any atom is -0.344 e. The number of benzene rings is 1. The fourth-order valence-corrected chi connectivity index (χ4v) is 2.32. The second-order valence-electron chi connectivity index (χ2n) is 4.63. The molecule has 0 unspecified atom stereocenters. The Balaban J connectivity index is 2.61. The lowest BCUT2D eigenvalue weighted by molar-refractivity contribution is 0.389. The maximum Gasteiger partial charge on any atom is 0.0485 e. The first-order valence-electron chi connectivity index (χ1n) is 5.86. The Kier molecular flexibility index (Phi) is 3.01. The molecule has 0 spiro atoms. The van der Waals surface area contributed by atoms with Crippen molar-refractivity contribution in [3.63, 3.8) is 0 Å². The van der Waals surface area contributed by atoms with Crippen LogP contribution in [0.3, 0.4) is 0 Å². The molecule has 0 bridgehead atoms. The summed E-state index contributed by atoms with van der Waals surface area (Å²) in [5.41, 5.74) is 4.13. The van der Waals surface area contributed by atoms with E-state index in [0.29, 0.717) is 0 Å². The second-order valence-corrected chi connectivity index (χ2v) is 4.63. The summed E-state index contributed by atoms with van der Waals surface area (Å²) in [4.78, 5) is 2.22. The van der Waals surface area contributed by atoms with Gasteiger partial charge in [0.25, 0.3) is 0 Å². The van der Waals surface area contributed by atoms with Crippen LogP contribution >= 0.6 is 0 Å². The van der Waals surface area contributed by atoms with E-state index in [4.69, 9.17) is 0 Å². The normalized spacial score (nSPS) is 11.6. The van der Waals surface area contributed by atoms with E-state index in [2.05, 4.69) is 61.7 Å².